The van der Waals surface area contributed by atoms with Crippen LogP contribution in [0.3, 0.4) is 0 Å². The molecule has 1 heterocycles. The Morgan fingerprint density at radius 1 is 1.00 bits per heavy atom. The Morgan fingerprint density at radius 3 is 2.72 bits per heavy atom. The van der Waals surface area contributed by atoms with Crippen LogP contribution in [0.15, 0.2) is 76.1 Å². The van der Waals surface area contributed by atoms with E-state index in [0.29, 0.717) is 27.7 Å². The maximum absolute atomic E-state index is 10.2. The Kier molecular flexibility index (Phi) is 3.96. The summed E-state index contributed by atoms with van der Waals surface area (Å²) in [6.45, 7) is 0. The van der Waals surface area contributed by atoms with Gasteiger partial charge in [-0.25, -0.2) is 4.98 Å². The number of aliphatic imine (C=N–C) groups is 1. The minimum Gasteiger partial charge on any atom is -0.507 e. The highest BCUT2D eigenvalue weighted by molar-refractivity contribution is 6.30. The molecule has 0 saturated heterocycles. The normalized spacial score (nSPS) is 11.4. The molecule has 0 radical (unpaired) electrons. The molecule has 25 heavy (non-hydrogen) atoms. The smallest absolute Gasteiger partial charge is 0.231 e. The largest absolute Gasteiger partial charge is 0.507 e. The number of oxazole rings is 1. The summed E-state index contributed by atoms with van der Waals surface area (Å²) in [5.74, 6) is 0.451. The van der Waals surface area contributed by atoms with Crippen molar-refractivity contribution in [3.05, 3.63) is 77.3 Å². The topological polar surface area (TPSA) is 58.6 Å². The number of aromatic nitrogens is 1. The van der Waals surface area contributed by atoms with E-state index in [2.05, 4.69) is 9.98 Å². The molecule has 0 saturated carbocycles. The molecule has 1 N–H and O–H groups in total. The molecule has 0 spiro atoms. The van der Waals surface area contributed by atoms with Gasteiger partial charge in [0.25, 0.3) is 0 Å². The molecule has 4 aromatic rings. The Morgan fingerprint density at radius 2 is 1.88 bits per heavy atom. The van der Waals surface area contributed by atoms with E-state index >= 15 is 0 Å². The van der Waals surface area contributed by atoms with Gasteiger partial charge >= 0.3 is 0 Å². The number of benzene rings is 3. The molecule has 0 aliphatic carbocycles. The summed E-state index contributed by atoms with van der Waals surface area (Å²) in [5.41, 5.74) is 3.48. The van der Waals surface area contributed by atoms with Crippen LogP contribution in [0.4, 0.5) is 5.69 Å². The highest BCUT2D eigenvalue weighted by Gasteiger charge is 2.12. The van der Waals surface area contributed by atoms with Crippen molar-refractivity contribution in [1.82, 2.24) is 4.98 Å². The number of fused-ring (bicyclic) bond motifs is 1. The third-order valence-electron chi connectivity index (χ3n) is 3.72. The SMILES string of the molecule is Oc1ccc(N=Cc2cccc(Cl)c2)cc1-c1nc2ccccc2o1. The van der Waals surface area contributed by atoms with Crippen LogP contribution in [-0.4, -0.2) is 16.3 Å². The van der Waals surface area contributed by atoms with Crippen molar-refractivity contribution >= 4 is 34.6 Å². The van der Waals surface area contributed by atoms with Gasteiger partial charge in [0.2, 0.25) is 5.89 Å². The Bertz CT molecular complexity index is 1050. The van der Waals surface area contributed by atoms with Gasteiger partial charge in [-0.15, -0.1) is 0 Å². The molecule has 0 unspecified atom stereocenters. The lowest BCUT2D eigenvalue weighted by molar-refractivity contribution is 0.474. The molecule has 4 nitrogen and oxygen atoms in total. The van der Waals surface area contributed by atoms with Crippen molar-refractivity contribution in [2.45, 2.75) is 0 Å². The Hall–Kier alpha value is -3.11. The van der Waals surface area contributed by atoms with Crippen LogP contribution < -0.4 is 0 Å². The third-order valence-corrected chi connectivity index (χ3v) is 3.95. The monoisotopic (exact) mass is 348 g/mol. The summed E-state index contributed by atoms with van der Waals surface area (Å²) in [7, 11) is 0. The predicted octanol–water partition coefficient (Wildman–Crippen LogP) is 5.60. The summed E-state index contributed by atoms with van der Waals surface area (Å²) < 4.78 is 5.73. The Labute approximate surface area is 149 Å². The van der Waals surface area contributed by atoms with Gasteiger partial charge in [0.15, 0.2) is 5.58 Å². The maximum atomic E-state index is 10.2. The van der Waals surface area contributed by atoms with Crippen LogP contribution in [0, 0.1) is 0 Å². The molecular weight excluding hydrogens is 336 g/mol. The van der Waals surface area contributed by atoms with E-state index in [1.165, 1.54) is 0 Å². The van der Waals surface area contributed by atoms with Gasteiger partial charge in [0.1, 0.15) is 11.3 Å². The number of rotatable bonds is 3. The van der Waals surface area contributed by atoms with Crippen LogP contribution in [0.1, 0.15) is 5.56 Å². The Balaban J connectivity index is 1.71. The first-order chi connectivity index (χ1) is 12.2. The molecule has 0 aliphatic heterocycles. The van der Waals surface area contributed by atoms with Crippen molar-refractivity contribution < 1.29 is 9.52 Å². The fourth-order valence-corrected chi connectivity index (χ4v) is 2.70. The lowest BCUT2D eigenvalue weighted by atomic mass is 10.1. The van der Waals surface area contributed by atoms with Gasteiger partial charge in [-0.2, -0.15) is 0 Å². The minimum atomic E-state index is 0.0910. The first kappa shape index (κ1) is 15.4. The number of para-hydroxylation sites is 2. The van der Waals surface area contributed by atoms with Gasteiger partial charge in [-0.1, -0.05) is 35.9 Å². The molecule has 0 aliphatic rings. The average molecular weight is 349 g/mol. The predicted molar refractivity (Wildman–Crippen MR) is 99.8 cm³/mol. The van der Waals surface area contributed by atoms with E-state index in [1.807, 2.05) is 48.5 Å². The van der Waals surface area contributed by atoms with Crippen molar-refractivity contribution in [1.29, 1.82) is 0 Å². The summed E-state index contributed by atoms with van der Waals surface area (Å²) in [6.07, 6.45) is 1.72. The highest BCUT2D eigenvalue weighted by atomic mass is 35.5. The number of aromatic hydroxyl groups is 1. The fraction of sp³-hybridized carbons (Fsp3) is 0. The standard InChI is InChI=1S/C20H13ClN2O2/c21-14-5-3-4-13(10-14)12-22-15-8-9-18(24)16(11-15)20-23-17-6-1-2-7-19(17)25-20/h1-12,24H. The van der Waals surface area contributed by atoms with Crippen molar-refractivity contribution in [2.75, 3.05) is 0 Å². The van der Waals surface area contributed by atoms with Crippen molar-refractivity contribution in [3.63, 3.8) is 0 Å². The number of nitrogens with zero attached hydrogens (tertiary/aromatic N) is 2. The second kappa shape index (κ2) is 6.42. The summed E-state index contributed by atoms with van der Waals surface area (Å²) >= 11 is 5.98. The second-order valence-electron chi connectivity index (χ2n) is 5.50. The number of phenolic OH excluding ortho intramolecular Hbond substituents is 1. The summed E-state index contributed by atoms with van der Waals surface area (Å²) in [5, 5.41) is 10.8. The molecule has 0 bridgehead atoms. The number of hydrogen-bond acceptors (Lipinski definition) is 4. The third kappa shape index (κ3) is 3.25. The van der Waals surface area contributed by atoms with Gasteiger partial charge < -0.3 is 9.52 Å². The zero-order chi connectivity index (χ0) is 17.2. The van der Waals surface area contributed by atoms with Crippen LogP contribution in [-0.2, 0) is 0 Å². The lowest BCUT2D eigenvalue weighted by Gasteiger charge is -2.02. The zero-order valence-electron chi connectivity index (χ0n) is 13.1. The molecular formula is C20H13ClN2O2. The number of halogens is 1. The van der Waals surface area contributed by atoms with E-state index in [0.717, 1.165) is 11.1 Å². The summed E-state index contributed by atoms with van der Waals surface area (Å²) in [4.78, 5) is 8.85. The zero-order valence-corrected chi connectivity index (χ0v) is 13.8. The van der Waals surface area contributed by atoms with Crippen molar-refractivity contribution in [2.24, 2.45) is 4.99 Å². The molecule has 122 valence electrons. The maximum Gasteiger partial charge on any atom is 0.231 e. The van der Waals surface area contributed by atoms with Crippen LogP contribution in [0.25, 0.3) is 22.6 Å². The number of hydrogen-bond donors (Lipinski definition) is 1. The molecule has 3 aromatic carbocycles. The lowest BCUT2D eigenvalue weighted by Crippen LogP contribution is -1.81. The molecule has 0 amide bonds. The second-order valence-corrected chi connectivity index (χ2v) is 5.94. The van der Waals surface area contributed by atoms with E-state index in [4.69, 9.17) is 16.0 Å². The van der Waals surface area contributed by atoms with Gasteiger partial charge in [-0.3, -0.25) is 4.99 Å². The summed E-state index contributed by atoms with van der Waals surface area (Å²) in [6, 6.07) is 19.9. The minimum absolute atomic E-state index is 0.0910. The average Bonchev–Trinajstić information content (AvgIpc) is 3.05. The van der Waals surface area contributed by atoms with E-state index in [-0.39, 0.29) is 5.75 Å². The van der Waals surface area contributed by atoms with E-state index in [1.54, 1.807) is 24.4 Å². The molecule has 0 fully saturated rings. The van der Waals surface area contributed by atoms with E-state index < -0.39 is 0 Å². The fourth-order valence-electron chi connectivity index (χ4n) is 2.50. The number of phenols is 1. The molecule has 4 rings (SSSR count). The quantitative estimate of drug-likeness (QED) is 0.490. The molecule has 0 atom stereocenters. The van der Waals surface area contributed by atoms with Crippen LogP contribution in [0.5, 0.6) is 5.75 Å². The van der Waals surface area contributed by atoms with Gasteiger partial charge in [-0.05, 0) is 48.0 Å². The molecule has 5 heteroatoms. The van der Waals surface area contributed by atoms with Crippen LogP contribution >= 0.6 is 11.6 Å². The van der Waals surface area contributed by atoms with E-state index in [9.17, 15) is 5.11 Å². The van der Waals surface area contributed by atoms with Crippen LogP contribution in [0.2, 0.25) is 5.02 Å². The highest BCUT2D eigenvalue weighted by Crippen LogP contribution is 2.34. The molecule has 1 aromatic heterocycles. The van der Waals surface area contributed by atoms with Crippen molar-refractivity contribution in [3.8, 4) is 17.2 Å². The van der Waals surface area contributed by atoms with Gasteiger partial charge in [0, 0.05) is 11.2 Å². The first-order valence-electron chi connectivity index (χ1n) is 7.68. The first-order valence-corrected chi connectivity index (χ1v) is 8.05. The van der Waals surface area contributed by atoms with Gasteiger partial charge in [0.05, 0.1) is 11.3 Å².